The number of unbranched alkanes of at least 4 members (excludes halogenated alkanes) is 28. The number of hydrogen-bond acceptors (Lipinski definition) is 10. The van der Waals surface area contributed by atoms with Gasteiger partial charge in [0.15, 0.2) is 12.4 Å². The molecule has 0 aromatic rings. The summed E-state index contributed by atoms with van der Waals surface area (Å²) < 4.78 is 17.6. The maximum Gasteiger partial charge on any atom is 0.306 e. The highest BCUT2D eigenvalue weighted by Crippen LogP contribution is 2.26. The molecule has 1 aliphatic rings. The summed E-state index contributed by atoms with van der Waals surface area (Å²) in [5, 5.41) is 57.1. The molecular formula is C71H123NO10. The molecule has 0 aromatic heterocycles. The van der Waals surface area contributed by atoms with Gasteiger partial charge in [0.25, 0.3) is 0 Å². The van der Waals surface area contributed by atoms with Crippen LogP contribution in [-0.2, 0) is 23.8 Å². The normalized spacial score (nSPS) is 19.2. The fraction of sp³-hybridized carbons (Fsp3) is 0.746. The Morgan fingerprint density at radius 3 is 1.34 bits per heavy atom. The second-order valence-electron chi connectivity index (χ2n) is 22.8. The van der Waals surface area contributed by atoms with Crippen LogP contribution in [0.5, 0.6) is 0 Å². The Bertz CT molecular complexity index is 1700. The second-order valence-corrected chi connectivity index (χ2v) is 22.8. The molecule has 0 spiro atoms. The summed E-state index contributed by atoms with van der Waals surface area (Å²) >= 11 is 0. The van der Waals surface area contributed by atoms with Crippen molar-refractivity contribution >= 4 is 11.9 Å². The average molecular weight is 1150 g/mol. The van der Waals surface area contributed by atoms with Crippen LogP contribution in [0.1, 0.15) is 278 Å². The molecular weight excluding hydrogens is 1030 g/mol. The van der Waals surface area contributed by atoms with E-state index in [1.807, 2.05) is 6.08 Å². The zero-order valence-electron chi connectivity index (χ0n) is 52.3. The molecule has 0 bridgehead atoms. The maximum absolute atomic E-state index is 13.4. The number of rotatable bonds is 56. The maximum atomic E-state index is 13.4. The molecule has 1 fully saturated rings. The Morgan fingerprint density at radius 1 is 0.488 bits per heavy atom. The van der Waals surface area contributed by atoms with E-state index < -0.39 is 67.4 Å². The molecule has 8 atom stereocenters. The fourth-order valence-electron chi connectivity index (χ4n) is 9.94. The van der Waals surface area contributed by atoms with E-state index in [9.17, 15) is 35.1 Å². The molecule has 82 heavy (non-hydrogen) atoms. The number of allylic oxidation sites excluding steroid dienone is 15. The highest BCUT2D eigenvalue weighted by atomic mass is 16.7. The lowest BCUT2D eigenvalue weighted by Crippen LogP contribution is -2.61. The molecule has 8 unspecified atom stereocenters. The number of carbonyl (C=O) groups excluding carboxylic acids is 2. The first kappa shape index (κ1) is 76.6. The number of hydrogen-bond donors (Lipinski definition) is 6. The Hall–Kier alpha value is -3.42. The average Bonchev–Trinajstić information content (AvgIpc) is 3.48. The van der Waals surface area contributed by atoms with Gasteiger partial charge in [-0.2, -0.15) is 0 Å². The number of nitrogens with one attached hydrogen (secondary N) is 1. The third kappa shape index (κ3) is 45.0. The molecule has 0 aromatic carbocycles. The van der Waals surface area contributed by atoms with Crippen LogP contribution in [0.15, 0.2) is 97.2 Å². The minimum atomic E-state index is -1.62. The van der Waals surface area contributed by atoms with Gasteiger partial charge in [-0.15, -0.1) is 0 Å². The summed E-state index contributed by atoms with van der Waals surface area (Å²) in [6, 6.07) is -1.03. The van der Waals surface area contributed by atoms with Gasteiger partial charge in [-0.1, -0.05) is 266 Å². The topological polar surface area (TPSA) is 175 Å². The van der Waals surface area contributed by atoms with Gasteiger partial charge in [0.2, 0.25) is 5.91 Å². The molecule has 11 heteroatoms. The Labute approximate surface area is 501 Å². The third-order valence-corrected chi connectivity index (χ3v) is 15.2. The Balaban J connectivity index is 2.59. The lowest BCUT2D eigenvalue weighted by molar-refractivity contribution is -0.305. The van der Waals surface area contributed by atoms with Crippen LogP contribution < -0.4 is 5.32 Å². The lowest BCUT2D eigenvalue weighted by Gasteiger charge is -2.41. The van der Waals surface area contributed by atoms with Gasteiger partial charge < -0.3 is 45.1 Å². The van der Waals surface area contributed by atoms with Crippen LogP contribution >= 0.6 is 0 Å². The van der Waals surface area contributed by atoms with Crippen molar-refractivity contribution in [2.75, 3.05) is 13.2 Å². The molecule has 1 amide bonds. The highest BCUT2D eigenvalue weighted by molar-refractivity contribution is 5.80. The molecule has 1 aliphatic heterocycles. The van der Waals surface area contributed by atoms with E-state index in [2.05, 4.69) is 111 Å². The van der Waals surface area contributed by atoms with E-state index in [0.29, 0.717) is 12.8 Å². The number of aliphatic hydroxyl groups excluding tert-OH is 5. The molecule has 1 saturated heterocycles. The summed E-state index contributed by atoms with van der Waals surface area (Å²) in [6.07, 6.45) is 67.3. The van der Waals surface area contributed by atoms with E-state index in [4.69, 9.17) is 14.2 Å². The van der Waals surface area contributed by atoms with E-state index >= 15 is 0 Å². The standard InChI is InChI=1S/C71H123NO10/c1-4-7-10-13-16-19-22-25-27-28-29-30-31-32-33-34-35-36-37-38-39-41-44-47-50-53-56-59-66(76)82-69-68(78)67(77)65(60-73)81-71(69)80-61-62(63(74)57-54-51-48-45-42-24-21-18-15-12-9-6-3)72-70(79)64(75)58-55-52-49-46-43-40-26-23-20-17-14-11-8-5-2/h7,10,16,19-20,23,25,27,29-30,32-33,35-36,54,57,62-65,67-69,71,73-75,77-78H,4-6,8-9,11-15,17-18,21-22,24,26,28,31,34,37-53,55-56,58-61H2,1-3H3,(H,72,79)/b10-7-,19-16-,23-20-,27-25-,30-29-,33-32-,36-35-,57-54+. The molecule has 1 rings (SSSR count). The van der Waals surface area contributed by atoms with E-state index in [0.717, 1.165) is 122 Å². The van der Waals surface area contributed by atoms with Crippen LogP contribution in [0, 0.1) is 0 Å². The summed E-state index contributed by atoms with van der Waals surface area (Å²) in [5.41, 5.74) is 0. The highest BCUT2D eigenvalue weighted by Gasteiger charge is 2.47. The van der Waals surface area contributed by atoms with Crippen molar-refractivity contribution in [2.24, 2.45) is 0 Å². The number of ether oxygens (including phenoxy) is 3. The first-order valence-corrected chi connectivity index (χ1v) is 33.5. The number of carbonyl (C=O) groups is 2. The van der Waals surface area contributed by atoms with Crippen molar-refractivity contribution in [3.05, 3.63) is 97.2 Å². The van der Waals surface area contributed by atoms with Crippen LogP contribution in [0.2, 0.25) is 0 Å². The number of esters is 1. The first-order chi connectivity index (χ1) is 40.2. The Morgan fingerprint density at radius 2 is 0.878 bits per heavy atom. The Kier molecular flexibility index (Phi) is 54.2. The molecule has 0 saturated carbocycles. The third-order valence-electron chi connectivity index (χ3n) is 15.2. The fourth-order valence-corrected chi connectivity index (χ4v) is 9.94. The molecule has 0 radical (unpaired) electrons. The molecule has 0 aliphatic carbocycles. The van der Waals surface area contributed by atoms with Crippen molar-refractivity contribution in [3.63, 3.8) is 0 Å². The van der Waals surface area contributed by atoms with E-state index in [-0.39, 0.29) is 19.4 Å². The van der Waals surface area contributed by atoms with Gasteiger partial charge in [-0.05, 0) is 103 Å². The lowest BCUT2D eigenvalue weighted by atomic mass is 9.99. The largest absolute Gasteiger partial charge is 0.454 e. The number of amides is 1. The van der Waals surface area contributed by atoms with Crippen molar-refractivity contribution in [2.45, 2.75) is 327 Å². The number of aliphatic hydroxyl groups is 5. The predicted molar refractivity (Wildman–Crippen MR) is 342 cm³/mol. The van der Waals surface area contributed by atoms with Gasteiger partial charge in [-0.3, -0.25) is 9.59 Å². The van der Waals surface area contributed by atoms with Gasteiger partial charge in [0, 0.05) is 6.42 Å². The predicted octanol–water partition coefficient (Wildman–Crippen LogP) is 16.7. The van der Waals surface area contributed by atoms with Gasteiger partial charge >= 0.3 is 5.97 Å². The van der Waals surface area contributed by atoms with Crippen LogP contribution in [-0.4, -0.2) is 99.6 Å². The van der Waals surface area contributed by atoms with Crippen molar-refractivity contribution < 1.29 is 49.3 Å². The molecule has 1 heterocycles. The van der Waals surface area contributed by atoms with Gasteiger partial charge in [0.1, 0.15) is 24.4 Å². The molecule has 6 N–H and O–H groups in total. The molecule has 11 nitrogen and oxygen atoms in total. The zero-order valence-corrected chi connectivity index (χ0v) is 52.3. The van der Waals surface area contributed by atoms with Crippen molar-refractivity contribution in [1.29, 1.82) is 0 Å². The summed E-state index contributed by atoms with van der Waals surface area (Å²) in [5.74, 6) is -1.21. The van der Waals surface area contributed by atoms with Crippen molar-refractivity contribution in [1.82, 2.24) is 5.32 Å². The minimum Gasteiger partial charge on any atom is -0.454 e. The second kappa shape index (κ2) is 58.0. The monoisotopic (exact) mass is 1150 g/mol. The van der Waals surface area contributed by atoms with Gasteiger partial charge in [0.05, 0.1) is 25.4 Å². The smallest absolute Gasteiger partial charge is 0.306 e. The van der Waals surface area contributed by atoms with Crippen LogP contribution in [0.4, 0.5) is 0 Å². The molecule has 472 valence electrons. The first-order valence-electron chi connectivity index (χ1n) is 33.5. The quantitative estimate of drug-likeness (QED) is 0.0195. The van der Waals surface area contributed by atoms with Crippen molar-refractivity contribution in [3.8, 4) is 0 Å². The van der Waals surface area contributed by atoms with Crippen LogP contribution in [0.25, 0.3) is 0 Å². The van der Waals surface area contributed by atoms with E-state index in [1.165, 1.54) is 109 Å². The summed E-state index contributed by atoms with van der Waals surface area (Å²) in [4.78, 5) is 26.6. The van der Waals surface area contributed by atoms with Gasteiger partial charge in [-0.25, -0.2) is 0 Å². The van der Waals surface area contributed by atoms with E-state index in [1.54, 1.807) is 6.08 Å². The van der Waals surface area contributed by atoms with Crippen LogP contribution in [0.3, 0.4) is 0 Å². The minimum absolute atomic E-state index is 0.109. The summed E-state index contributed by atoms with van der Waals surface area (Å²) in [7, 11) is 0. The summed E-state index contributed by atoms with van der Waals surface area (Å²) in [6.45, 7) is 5.66. The SMILES string of the molecule is CC/C=C\C/C=C\C/C=C\C/C=C\C/C=C\C/C=C\CCCCCCCCCCC(=O)OC1C(OCC(NC(=O)C(O)CCCCCCCC/C=C\CCCCCC)C(O)/C=C/CCCCCCCCCCCC)OC(CO)C(O)C1O. The zero-order chi connectivity index (χ0) is 59.6.